The topological polar surface area (TPSA) is 110 Å². The van der Waals surface area contributed by atoms with Gasteiger partial charge in [0.25, 0.3) is 11.4 Å². The first kappa shape index (κ1) is 25.2. The van der Waals surface area contributed by atoms with Crippen LogP contribution in [-0.4, -0.2) is 34.5 Å². The van der Waals surface area contributed by atoms with E-state index in [9.17, 15) is 14.3 Å². The standard InChI is InChI=1S/C26H25ClFN3O5/c1-4-5-7-17-21(22-18(34-2)8-6-9-19(22)35-3)24(32)23(25(33)29-17)26-31-30-20(36-26)13-14-10-11-15(27)16(28)12-14/h6,8-12H,4-5,7,13H2,1-3H3,(H2,29,32,33). The Bertz CT molecular complexity index is 1430. The summed E-state index contributed by atoms with van der Waals surface area (Å²) in [4.78, 5) is 16.0. The number of H-pyrrole nitrogens is 1. The molecule has 0 fully saturated rings. The van der Waals surface area contributed by atoms with Crippen LogP contribution in [0.4, 0.5) is 4.39 Å². The molecule has 0 spiro atoms. The summed E-state index contributed by atoms with van der Waals surface area (Å²) < 4.78 is 30.6. The van der Waals surface area contributed by atoms with Crippen molar-refractivity contribution in [3.63, 3.8) is 0 Å². The zero-order valence-corrected chi connectivity index (χ0v) is 20.8. The molecule has 0 radical (unpaired) electrons. The van der Waals surface area contributed by atoms with Crippen LogP contribution in [-0.2, 0) is 12.8 Å². The Morgan fingerprint density at radius 3 is 2.44 bits per heavy atom. The van der Waals surface area contributed by atoms with E-state index >= 15 is 0 Å². The van der Waals surface area contributed by atoms with Crippen molar-refractivity contribution in [2.45, 2.75) is 32.6 Å². The van der Waals surface area contributed by atoms with Crippen molar-refractivity contribution < 1.29 is 23.4 Å². The predicted octanol–water partition coefficient (Wildman–Crippen LogP) is 5.54. The largest absolute Gasteiger partial charge is 0.506 e. The highest BCUT2D eigenvalue weighted by Crippen LogP contribution is 2.46. The molecular weight excluding hydrogens is 489 g/mol. The third-order valence-electron chi connectivity index (χ3n) is 5.75. The number of halogens is 2. The van der Waals surface area contributed by atoms with E-state index in [2.05, 4.69) is 15.2 Å². The van der Waals surface area contributed by atoms with Crippen molar-refractivity contribution in [3.05, 3.63) is 74.7 Å². The Morgan fingerprint density at radius 1 is 1.08 bits per heavy atom. The first-order valence-electron chi connectivity index (χ1n) is 11.3. The molecule has 0 unspecified atom stereocenters. The maximum absolute atomic E-state index is 13.8. The lowest BCUT2D eigenvalue weighted by atomic mass is 9.96. The third kappa shape index (κ3) is 4.92. The molecule has 36 heavy (non-hydrogen) atoms. The molecule has 0 atom stereocenters. The van der Waals surface area contributed by atoms with Crippen LogP contribution in [0.3, 0.4) is 0 Å². The molecule has 0 saturated heterocycles. The van der Waals surface area contributed by atoms with Crippen molar-refractivity contribution in [3.8, 4) is 39.8 Å². The predicted molar refractivity (Wildman–Crippen MR) is 133 cm³/mol. The summed E-state index contributed by atoms with van der Waals surface area (Å²) in [6, 6.07) is 9.57. The number of hydrogen-bond donors (Lipinski definition) is 2. The van der Waals surface area contributed by atoms with Crippen molar-refractivity contribution in [2.75, 3.05) is 14.2 Å². The van der Waals surface area contributed by atoms with Crippen LogP contribution in [0, 0.1) is 5.82 Å². The van der Waals surface area contributed by atoms with Crippen molar-refractivity contribution in [1.82, 2.24) is 15.2 Å². The number of aromatic hydroxyl groups is 1. The highest BCUT2D eigenvalue weighted by molar-refractivity contribution is 6.30. The van der Waals surface area contributed by atoms with Gasteiger partial charge in [0, 0.05) is 5.69 Å². The van der Waals surface area contributed by atoms with Crippen LogP contribution in [0.25, 0.3) is 22.6 Å². The van der Waals surface area contributed by atoms with Gasteiger partial charge in [-0.1, -0.05) is 37.1 Å². The summed E-state index contributed by atoms with van der Waals surface area (Å²) in [6.07, 6.45) is 2.28. The van der Waals surface area contributed by atoms with Gasteiger partial charge in [-0.05, 0) is 42.7 Å². The van der Waals surface area contributed by atoms with E-state index in [1.807, 2.05) is 6.92 Å². The van der Waals surface area contributed by atoms with Gasteiger partial charge in [-0.2, -0.15) is 0 Å². The fourth-order valence-corrected chi connectivity index (χ4v) is 4.11. The highest BCUT2D eigenvalue weighted by atomic mass is 35.5. The summed E-state index contributed by atoms with van der Waals surface area (Å²) in [5.74, 6) is -0.0263. The third-order valence-corrected chi connectivity index (χ3v) is 6.05. The summed E-state index contributed by atoms with van der Waals surface area (Å²) in [5.41, 5.74) is 1.16. The lowest BCUT2D eigenvalue weighted by Crippen LogP contribution is -2.14. The summed E-state index contributed by atoms with van der Waals surface area (Å²) in [5, 5.41) is 19.4. The smallest absolute Gasteiger partial charge is 0.264 e. The first-order valence-corrected chi connectivity index (χ1v) is 11.7. The van der Waals surface area contributed by atoms with E-state index in [4.69, 9.17) is 25.5 Å². The lowest BCUT2D eigenvalue weighted by molar-refractivity contribution is 0.396. The fraction of sp³-hybridized carbons (Fsp3) is 0.269. The van der Waals surface area contributed by atoms with Crippen molar-refractivity contribution in [2.24, 2.45) is 0 Å². The number of ether oxygens (including phenoxy) is 2. The summed E-state index contributed by atoms with van der Waals surface area (Å²) in [7, 11) is 3.02. The molecule has 0 aliphatic rings. The molecule has 0 amide bonds. The van der Waals surface area contributed by atoms with E-state index in [1.54, 1.807) is 24.3 Å². The molecule has 2 heterocycles. The number of pyridine rings is 1. The second-order valence-electron chi connectivity index (χ2n) is 8.10. The monoisotopic (exact) mass is 513 g/mol. The van der Waals surface area contributed by atoms with E-state index in [0.717, 1.165) is 12.8 Å². The normalized spacial score (nSPS) is 11.0. The number of aromatic amines is 1. The molecular formula is C26H25ClFN3O5. The molecule has 2 N–H and O–H groups in total. The zero-order valence-electron chi connectivity index (χ0n) is 20.0. The lowest BCUT2D eigenvalue weighted by Gasteiger charge is -2.18. The summed E-state index contributed by atoms with van der Waals surface area (Å²) >= 11 is 5.75. The van der Waals surface area contributed by atoms with Crippen LogP contribution in [0.15, 0.2) is 45.6 Å². The number of aromatic nitrogens is 3. The van der Waals surface area contributed by atoms with Gasteiger partial charge in [-0.3, -0.25) is 4.79 Å². The van der Waals surface area contributed by atoms with Crippen LogP contribution in [0.1, 0.15) is 36.9 Å². The average Bonchev–Trinajstić information content (AvgIpc) is 3.32. The van der Waals surface area contributed by atoms with Gasteiger partial charge >= 0.3 is 0 Å². The molecule has 0 bridgehead atoms. The fourth-order valence-electron chi connectivity index (χ4n) is 3.99. The number of unbranched alkanes of at least 4 members (excludes halogenated alkanes) is 1. The van der Waals surface area contributed by atoms with E-state index < -0.39 is 11.4 Å². The Labute approximate surface area is 211 Å². The van der Waals surface area contributed by atoms with Gasteiger partial charge in [-0.25, -0.2) is 4.39 Å². The molecule has 0 saturated carbocycles. The molecule has 0 aliphatic heterocycles. The minimum Gasteiger partial charge on any atom is -0.506 e. The van der Waals surface area contributed by atoms with Gasteiger partial charge in [0.1, 0.15) is 28.6 Å². The van der Waals surface area contributed by atoms with Gasteiger partial charge in [-0.15, -0.1) is 10.2 Å². The number of methoxy groups -OCH3 is 2. The van der Waals surface area contributed by atoms with E-state index in [-0.39, 0.29) is 34.5 Å². The number of nitrogens with one attached hydrogen (secondary N) is 1. The Balaban J connectivity index is 1.85. The van der Waals surface area contributed by atoms with Crippen LogP contribution >= 0.6 is 11.6 Å². The molecule has 188 valence electrons. The number of rotatable bonds is 9. The first-order chi connectivity index (χ1) is 17.4. The van der Waals surface area contributed by atoms with Crippen LogP contribution in [0.5, 0.6) is 17.2 Å². The second-order valence-corrected chi connectivity index (χ2v) is 8.51. The van der Waals surface area contributed by atoms with E-state index in [0.29, 0.717) is 40.3 Å². The molecule has 10 heteroatoms. The zero-order chi connectivity index (χ0) is 25.8. The quantitative estimate of drug-likeness (QED) is 0.302. The SMILES string of the molecule is CCCCc1[nH]c(=O)c(-c2nnc(Cc3ccc(Cl)c(F)c3)o2)c(O)c1-c1c(OC)cccc1OC. The maximum atomic E-state index is 13.8. The van der Waals surface area contributed by atoms with Gasteiger partial charge in [0.05, 0.1) is 36.8 Å². The molecule has 4 rings (SSSR count). The molecule has 8 nitrogen and oxygen atoms in total. The number of benzene rings is 2. The number of nitrogens with zero attached hydrogens (tertiary/aromatic N) is 2. The molecule has 2 aromatic heterocycles. The van der Waals surface area contributed by atoms with Crippen molar-refractivity contribution in [1.29, 1.82) is 0 Å². The number of aryl methyl sites for hydroxylation is 1. The van der Waals surface area contributed by atoms with E-state index in [1.165, 1.54) is 26.4 Å². The molecule has 2 aromatic carbocycles. The Hall–Kier alpha value is -3.85. The molecule has 0 aliphatic carbocycles. The average molecular weight is 514 g/mol. The number of hydrogen-bond acceptors (Lipinski definition) is 7. The van der Waals surface area contributed by atoms with Crippen LogP contribution < -0.4 is 15.0 Å². The Morgan fingerprint density at radius 2 is 1.81 bits per heavy atom. The van der Waals surface area contributed by atoms with Gasteiger partial charge in [0.2, 0.25) is 5.89 Å². The minimum absolute atomic E-state index is 0.00360. The maximum Gasteiger partial charge on any atom is 0.264 e. The minimum atomic E-state index is -0.580. The highest BCUT2D eigenvalue weighted by Gasteiger charge is 2.27. The van der Waals surface area contributed by atoms with Gasteiger partial charge < -0.3 is 24.0 Å². The van der Waals surface area contributed by atoms with Gasteiger partial charge in [0.15, 0.2) is 0 Å². The summed E-state index contributed by atoms with van der Waals surface area (Å²) in [6.45, 7) is 2.03. The Kier molecular flexibility index (Phi) is 7.59. The van der Waals surface area contributed by atoms with Crippen LogP contribution in [0.2, 0.25) is 5.02 Å². The molecule has 4 aromatic rings. The second kappa shape index (κ2) is 10.8. The van der Waals surface area contributed by atoms with Crippen molar-refractivity contribution >= 4 is 11.6 Å².